The van der Waals surface area contributed by atoms with Crippen LogP contribution in [0.2, 0.25) is 0 Å². The molecule has 0 saturated carbocycles. The van der Waals surface area contributed by atoms with Gasteiger partial charge in [-0.05, 0) is 74.0 Å². The molecule has 4 aromatic rings. The molecule has 0 aliphatic carbocycles. The van der Waals surface area contributed by atoms with Gasteiger partial charge in [-0.3, -0.25) is 9.21 Å². The van der Waals surface area contributed by atoms with Gasteiger partial charge in [-0.2, -0.15) is 0 Å². The van der Waals surface area contributed by atoms with E-state index >= 15 is 0 Å². The number of sulfonamides is 1. The standard InChI is InChI=1S/C29H31F2N3O3S/c1-19-24-16-25-26(18-32-2)29(21-6-10-23(31)11-7-21)37-28(25)17-27(24)34(38(3,35)36)15-14-33(19)13-12-20-4-8-22(30)9-5-20/h4-11,16-17,19,32H,12-15,18H2,1-3H3. The maximum Gasteiger partial charge on any atom is 0.232 e. The third-order valence-electron chi connectivity index (χ3n) is 7.26. The van der Waals surface area contributed by atoms with Crippen molar-refractivity contribution >= 4 is 26.7 Å². The van der Waals surface area contributed by atoms with Crippen LogP contribution in [0, 0.1) is 11.6 Å². The first-order valence-electron chi connectivity index (χ1n) is 12.6. The largest absolute Gasteiger partial charge is 0.456 e. The Bertz CT molecular complexity index is 1550. The molecule has 0 bridgehead atoms. The normalized spacial score (nSPS) is 16.6. The molecule has 0 fully saturated rings. The quantitative estimate of drug-likeness (QED) is 0.337. The highest BCUT2D eigenvalue weighted by atomic mass is 32.2. The smallest absolute Gasteiger partial charge is 0.232 e. The van der Waals surface area contributed by atoms with Gasteiger partial charge in [0.1, 0.15) is 23.0 Å². The average molecular weight is 540 g/mol. The summed E-state index contributed by atoms with van der Waals surface area (Å²) in [4.78, 5) is 2.26. The molecular weight excluding hydrogens is 508 g/mol. The van der Waals surface area contributed by atoms with E-state index < -0.39 is 10.0 Å². The van der Waals surface area contributed by atoms with Gasteiger partial charge < -0.3 is 9.73 Å². The fraction of sp³-hybridized carbons (Fsp3) is 0.310. The molecule has 0 saturated heterocycles. The Morgan fingerprint density at radius 2 is 1.66 bits per heavy atom. The molecule has 0 amide bonds. The molecule has 5 rings (SSSR count). The second-order valence-electron chi connectivity index (χ2n) is 9.78. The molecule has 1 unspecified atom stereocenters. The van der Waals surface area contributed by atoms with E-state index in [1.54, 1.807) is 24.3 Å². The van der Waals surface area contributed by atoms with Crippen molar-refractivity contribution in [3.05, 3.63) is 89.0 Å². The van der Waals surface area contributed by atoms with Crippen LogP contribution in [0.4, 0.5) is 14.5 Å². The Balaban J connectivity index is 1.60. The number of halogens is 2. The molecule has 3 aromatic carbocycles. The first-order valence-corrected chi connectivity index (χ1v) is 14.5. The third-order valence-corrected chi connectivity index (χ3v) is 8.44. The van der Waals surface area contributed by atoms with Crippen molar-refractivity contribution in [2.75, 3.05) is 37.2 Å². The predicted molar refractivity (Wildman–Crippen MR) is 147 cm³/mol. The van der Waals surface area contributed by atoms with Crippen LogP contribution in [0.25, 0.3) is 22.3 Å². The maximum absolute atomic E-state index is 13.6. The van der Waals surface area contributed by atoms with E-state index in [-0.39, 0.29) is 17.7 Å². The van der Waals surface area contributed by atoms with E-state index in [0.717, 1.165) is 27.6 Å². The zero-order chi connectivity index (χ0) is 27.0. The SMILES string of the molecule is CNCc1c(-c2ccc(F)cc2)oc2cc3c(cc12)C(C)N(CCc1ccc(F)cc1)CCN3S(C)(=O)=O. The lowest BCUT2D eigenvalue weighted by Crippen LogP contribution is -2.36. The van der Waals surface area contributed by atoms with Crippen molar-refractivity contribution in [2.45, 2.75) is 25.9 Å². The Kier molecular flexibility index (Phi) is 7.26. The third kappa shape index (κ3) is 5.18. The average Bonchev–Trinajstić information content (AvgIpc) is 3.16. The molecular formula is C29H31F2N3O3S. The number of fused-ring (bicyclic) bond motifs is 2. The van der Waals surface area contributed by atoms with Crippen LogP contribution in [-0.2, 0) is 23.0 Å². The van der Waals surface area contributed by atoms with Crippen LogP contribution in [0.15, 0.2) is 65.1 Å². The first-order chi connectivity index (χ1) is 18.2. The molecule has 9 heteroatoms. The Hall–Kier alpha value is -3.27. The number of hydrogen-bond acceptors (Lipinski definition) is 5. The van der Waals surface area contributed by atoms with Gasteiger partial charge in [-0.1, -0.05) is 12.1 Å². The second kappa shape index (κ2) is 10.5. The van der Waals surface area contributed by atoms with Crippen LogP contribution in [0.1, 0.15) is 29.7 Å². The number of rotatable bonds is 7. The van der Waals surface area contributed by atoms with Gasteiger partial charge in [0.15, 0.2) is 0 Å². The van der Waals surface area contributed by atoms with Crippen molar-refractivity contribution in [2.24, 2.45) is 0 Å². The summed E-state index contributed by atoms with van der Waals surface area (Å²) in [5.41, 5.74) is 4.77. The summed E-state index contributed by atoms with van der Waals surface area (Å²) in [5, 5.41) is 4.08. The summed E-state index contributed by atoms with van der Waals surface area (Å²) < 4.78 is 60.5. The van der Waals surface area contributed by atoms with Crippen LogP contribution >= 0.6 is 0 Å². The lowest BCUT2D eigenvalue weighted by atomic mass is 9.99. The highest BCUT2D eigenvalue weighted by Gasteiger charge is 2.31. The number of furan rings is 1. The Morgan fingerprint density at radius 3 is 2.29 bits per heavy atom. The van der Waals surface area contributed by atoms with Gasteiger partial charge in [0.05, 0.1) is 11.9 Å². The van der Waals surface area contributed by atoms with Gasteiger partial charge in [0.25, 0.3) is 0 Å². The molecule has 1 atom stereocenters. The number of anilines is 1. The van der Waals surface area contributed by atoms with Crippen molar-refractivity contribution in [1.82, 2.24) is 10.2 Å². The summed E-state index contributed by atoms with van der Waals surface area (Å²) in [7, 11) is -1.70. The molecule has 6 nitrogen and oxygen atoms in total. The summed E-state index contributed by atoms with van der Waals surface area (Å²) in [5.74, 6) is 0.0300. The molecule has 2 heterocycles. The number of benzene rings is 3. The molecule has 0 spiro atoms. The topological polar surface area (TPSA) is 65.8 Å². The van der Waals surface area contributed by atoms with Gasteiger partial charge in [-0.25, -0.2) is 17.2 Å². The highest BCUT2D eigenvalue weighted by Crippen LogP contribution is 2.42. The number of hydrogen-bond donors (Lipinski definition) is 1. The summed E-state index contributed by atoms with van der Waals surface area (Å²) in [6.07, 6.45) is 1.94. The van der Waals surface area contributed by atoms with Gasteiger partial charge >= 0.3 is 0 Å². The summed E-state index contributed by atoms with van der Waals surface area (Å²) in [6.45, 7) is 4.16. The molecule has 1 aliphatic rings. The molecule has 0 radical (unpaired) electrons. The van der Waals surface area contributed by atoms with Gasteiger partial charge in [0.2, 0.25) is 10.0 Å². The van der Waals surface area contributed by atoms with E-state index in [9.17, 15) is 17.2 Å². The van der Waals surface area contributed by atoms with E-state index in [2.05, 4.69) is 17.1 Å². The number of nitrogens with one attached hydrogen (secondary N) is 1. The van der Waals surface area contributed by atoms with E-state index in [4.69, 9.17) is 4.42 Å². The molecule has 38 heavy (non-hydrogen) atoms. The minimum Gasteiger partial charge on any atom is -0.456 e. The van der Waals surface area contributed by atoms with Crippen LogP contribution in [-0.4, -0.2) is 46.3 Å². The van der Waals surface area contributed by atoms with Gasteiger partial charge in [-0.15, -0.1) is 0 Å². The lowest BCUT2D eigenvalue weighted by molar-refractivity contribution is 0.225. The van der Waals surface area contributed by atoms with Crippen molar-refractivity contribution in [1.29, 1.82) is 0 Å². The molecule has 1 N–H and O–H groups in total. The van der Waals surface area contributed by atoms with Crippen molar-refractivity contribution < 1.29 is 21.6 Å². The van der Waals surface area contributed by atoms with Crippen molar-refractivity contribution in [3.8, 4) is 11.3 Å². The molecule has 200 valence electrons. The summed E-state index contributed by atoms with van der Waals surface area (Å²) in [6, 6.07) is 16.4. The Morgan fingerprint density at radius 1 is 1.00 bits per heavy atom. The second-order valence-corrected chi connectivity index (χ2v) is 11.7. The fourth-order valence-electron chi connectivity index (χ4n) is 5.24. The minimum atomic E-state index is -3.55. The molecule has 1 aromatic heterocycles. The summed E-state index contributed by atoms with van der Waals surface area (Å²) >= 11 is 0. The van der Waals surface area contributed by atoms with E-state index in [1.165, 1.54) is 34.8 Å². The Labute approximate surface area is 221 Å². The fourth-order valence-corrected chi connectivity index (χ4v) is 6.17. The molecule has 1 aliphatic heterocycles. The predicted octanol–water partition coefficient (Wildman–Crippen LogP) is 5.48. The first kappa shape index (κ1) is 26.3. The maximum atomic E-state index is 13.6. The van der Waals surface area contributed by atoms with E-state index in [0.29, 0.717) is 49.6 Å². The van der Waals surface area contributed by atoms with Crippen LogP contribution in [0.5, 0.6) is 0 Å². The van der Waals surface area contributed by atoms with E-state index in [1.807, 2.05) is 19.2 Å². The zero-order valence-electron chi connectivity index (χ0n) is 21.7. The van der Waals surface area contributed by atoms with Gasteiger partial charge in [0, 0.05) is 54.8 Å². The highest BCUT2D eigenvalue weighted by molar-refractivity contribution is 7.92. The van der Waals surface area contributed by atoms with Crippen LogP contribution < -0.4 is 9.62 Å². The van der Waals surface area contributed by atoms with Crippen molar-refractivity contribution in [3.63, 3.8) is 0 Å². The lowest BCUT2D eigenvalue weighted by Gasteiger charge is -2.27. The minimum absolute atomic E-state index is 0.0757. The number of nitrogens with zero attached hydrogens (tertiary/aromatic N) is 2. The monoisotopic (exact) mass is 539 g/mol. The van der Waals surface area contributed by atoms with Crippen LogP contribution in [0.3, 0.4) is 0 Å². The zero-order valence-corrected chi connectivity index (χ0v) is 22.5.